The fourth-order valence-electron chi connectivity index (χ4n) is 5.35. The van der Waals surface area contributed by atoms with Gasteiger partial charge in [0.2, 0.25) is 0 Å². The number of phenolic OH excluding ortho intramolecular Hbond substituents is 1. The Morgan fingerprint density at radius 2 is 2.00 bits per heavy atom. The van der Waals surface area contributed by atoms with Crippen LogP contribution in [0, 0.1) is 0 Å². The van der Waals surface area contributed by atoms with Crippen molar-refractivity contribution < 1.29 is 19.3 Å². The van der Waals surface area contributed by atoms with Gasteiger partial charge in [-0.2, -0.15) is 0 Å². The molecule has 0 unspecified atom stereocenters. The summed E-state index contributed by atoms with van der Waals surface area (Å²) < 4.78 is 20.6. The van der Waals surface area contributed by atoms with Gasteiger partial charge in [0.1, 0.15) is 17.1 Å². The molecule has 2 aliphatic carbocycles. The van der Waals surface area contributed by atoms with E-state index < -0.39 is 5.67 Å². The first kappa shape index (κ1) is 18.5. The van der Waals surface area contributed by atoms with Crippen LogP contribution < -0.4 is 5.32 Å². The quantitative estimate of drug-likeness (QED) is 0.707. The van der Waals surface area contributed by atoms with Crippen LogP contribution in [0.25, 0.3) is 11.3 Å². The minimum Gasteiger partial charge on any atom is -0.507 e. The Balaban J connectivity index is 1.43. The summed E-state index contributed by atoms with van der Waals surface area (Å²) in [5.74, 6) is 0.723. The van der Waals surface area contributed by atoms with Crippen molar-refractivity contribution >= 4 is 5.82 Å². The van der Waals surface area contributed by atoms with E-state index in [-0.39, 0.29) is 30.1 Å². The summed E-state index contributed by atoms with van der Waals surface area (Å²) in [6.07, 6.45) is 6.06. The standard InChI is InChI=1S/C23H26FN3O3/c24-23(8-9-23)12-4-6-14(18(29)10-12)21-15-11-13-5-7-19(30-13)20(15)22(27-26-21)25-16-2-1-3-17(16)28/h4,6,10,13,16-17,19,28-29H,1-3,5,7-9,11H2,(H,25,27)/t13-,16-,17-,19+/m1/s1. The van der Waals surface area contributed by atoms with Gasteiger partial charge in [0.15, 0.2) is 5.82 Å². The molecule has 1 aromatic carbocycles. The minimum atomic E-state index is -1.29. The number of nitrogens with one attached hydrogen (secondary N) is 1. The van der Waals surface area contributed by atoms with Gasteiger partial charge in [0.25, 0.3) is 0 Å². The summed E-state index contributed by atoms with van der Waals surface area (Å²) in [5.41, 5.74) is 2.52. The van der Waals surface area contributed by atoms with Crippen molar-refractivity contribution in [2.75, 3.05) is 5.32 Å². The summed E-state index contributed by atoms with van der Waals surface area (Å²) in [6, 6.07) is 5.02. The van der Waals surface area contributed by atoms with E-state index in [9.17, 15) is 14.6 Å². The molecule has 0 spiro atoms. The number of aliphatic hydroxyl groups is 1. The third-order valence-corrected chi connectivity index (χ3v) is 7.24. The Bertz CT molecular complexity index is 1010. The molecule has 3 fully saturated rings. The van der Waals surface area contributed by atoms with Crippen LogP contribution >= 0.6 is 0 Å². The van der Waals surface area contributed by atoms with Crippen molar-refractivity contribution in [3.05, 3.63) is 34.9 Å². The maximum absolute atomic E-state index is 14.4. The number of ether oxygens (including phenoxy) is 1. The second-order valence-electron chi connectivity index (χ2n) is 9.26. The maximum atomic E-state index is 14.4. The van der Waals surface area contributed by atoms with Crippen LogP contribution in [-0.4, -0.2) is 38.7 Å². The summed E-state index contributed by atoms with van der Waals surface area (Å²) in [7, 11) is 0. The zero-order chi connectivity index (χ0) is 20.5. The predicted molar refractivity (Wildman–Crippen MR) is 109 cm³/mol. The lowest BCUT2D eigenvalue weighted by atomic mass is 9.93. The van der Waals surface area contributed by atoms with Gasteiger partial charge < -0.3 is 20.3 Å². The lowest BCUT2D eigenvalue weighted by Crippen LogP contribution is -2.30. The molecule has 2 aliphatic heterocycles. The summed E-state index contributed by atoms with van der Waals surface area (Å²) in [4.78, 5) is 0. The Kier molecular flexibility index (Phi) is 4.09. The number of phenols is 1. The number of hydrogen-bond acceptors (Lipinski definition) is 6. The molecule has 6 nitrogen and oxygen atoms in total. The molecule has 3 N–H and O–H groups in total. The van der Waals surface area contributed by atoms with E-state index in [2.05, 4.69) is 15.5 Å². The molecule has 2 saturated carbocycles. The van der Waals surface area contributed by atoms with Gasteiger partial charge in [-0.05, 0) is 68.2 Å². The predicted octanol–water partition coefficient (Wildman–Crippen LogP) is 3.91. The first-order valence-corrected chi connectivity index (χ1v) is 11.0. The van der Waals surface area contributed by atoms with Gasteiger partial charge in [-0.1, -0.05) is 6.07 Å². The zero-order valence-electron chi connectivity index (χ0n) is 16.8. The van der Waals surface area contributed by atoms with Crippen LogP contribution in [0.15, 0.2) is 18.2 Å². The van der Waals surface area contributed by atoms with E-state index in [0.717, 1.165) is 43.2 Å². The largest absolute Gasteiger partial charge is 0.507 e. The molecule has 7 heteroatoms. The Morgan fingerprint density at radius 1 is 1.13 bits per heavy atom. The number of rotatable bonds is 4. The summed E-state index contributed by atoms with van der Waals surface area (Å²) in [6.45, 7) is 0. The van der Waals surface area contributed by atoms with Gasteiger partial charge in [-0.3, -0.25) is 0 Å². The van der Waals surface area contributed by atoms with Crippen molar-refractivity contribution in [2.24, 2.45) is 0 Å². The van der Waals surface area contributed by atoms with E-state index in [4.69, 9.17) is 4.74 Å². The van der Waals surface area contributed by atoms with Crippen LogP contribution in [0.1, 0.15) is 67.7 Å². The van der Waals surface area contributed by atoms with E-state index in [1.165, 1.54) is 6.07 Å². The van der Waals surface area contributed by atoms with Crippen molar-refractivity contribution in [3.63, 3.8) is 0 Å². The van der Waals surface area contributed by atoms with Gasteiger partial charge in [-0.25, -0.2) is 4.39 Å². The normalized spacial score (nSPS) is 30.9. The molecule has 158 valence electrons. The average Bonchev–Trinajstić information content (AvgIpc) is 3.19. The molecule has 0 radical (unpaired) electrons. The third kappa shape index (κ3) is 2.90. The summed E-state index contributed by atoms with van der Waals surface area (Å²) in [5, 5.41) is 33.3. The Hall–Kier alpha value is -2.25. The highest BCUT2D eigenvalue weighted by molar-refractivity contribution is 5.73. The molecule has 1 aromatic heterocycles. The van der Waals surface area contributed by atoms with E-state index >= 15 is 0 Å². The fraction of sp³-hybridized carbons (Fsp3) is 0.565. The van der Waals surface area contributed by atoms with Gasteiger partial charge in [0, 0.05) is 17.5 Å². The lowest BCUT2D eigenvalue weighted by Gasteiger charge is -2.29. The molecule has 4 atom stereocenters. The monoisotopic (exact) mass is 411 g/mol. The third-order valence-electron chi connectivity index (χ3n) is 7.24. The molecule has 0 amide bonds. The first-order valence-electron chi connectivity index (χ1n) is 11.0. The van der Waals surface area contributed by atoms with Gasteiger partial charge in [0.05, 0.1) is 24.4 Å². The number of benzene rings is 1. The molecule has 30 heavy (non-hydrogen) atoms. The topological polar surface area (TPSA) is 87.5 Å². The van der Waals surface area contributed by atoms with Crippen LogP contribution in [-0.2, 0) is 16.8 Å². The molecular weight excluding hydrogens is 385 g/mol. The van der Waals surface area contributed by atoms with E-state index in [0.29, 0.717) is 41.9 Å². The highest BCUT2D eigenvalue weighted by Gasteiger charge is 2.45. The zero-order valence-corrected chi connectivity index (χ0v) is 16.8. The molecule has 6 rings (SSSR count). The molecular formula is C23H26FN3O3. The van der Waals surface area contributed by atoms with Gasteiger partial charge in [-0.15, -0.1) is 10.2 Å². The highest BCUT2D eigenvalue weighted by atomic mass is 19.1. The van der Waals surface area contributed by atoms with E-state index in [1.807, 2.05) is 0 Å². The highest BCUT2D eigenvalue weighted by Crippen LogP contribution is 2.52. The molecule has 2 bridgehead atoms. The van der Waals surface area contributed by atoms with E-state index in [1.54, 1.807) is 12.1 Å². The number of fused-ring (bicyclic) bond motifs is 4. The molecule has 4 aliphatic rings. The lowest BCUT2D eigenvalue weighted by molar-refractivity contribution is 0.0325. The number of nitrogens with zero attached hydrogens (tertiary/aromatic N) is 2. The number of alkyl halides is 1. The summed E-state index contributed by atoms with van der Waals surface area (Å²) >= 11 is 0. The second kappa shape index (κ2) is 6.62. The van der Waals surface area contributed by atoms with Crippen molar-refractivity contribution in [1.29, 1.82) is 0 Å². The number of hydrogen-bond donors (Lipinski definition) is 3. The van der Waals surface area contributed by atoms with Crippen molar-refractivity contribution in [3.8, 4) is 17.0 Å². The number of aromatic nitrogens is 2. The number of aliphatic hydroxyl groups excluding tert-OH is 1. The fourth-order valence-corrected chi connectivity index (χ4v) is 5.35. The SMILES string of the molecule is Oc1cc(C2(F)CC2)ccc1-c1nnc(N[C@@H]2CCC[C@H]2O)c2c1C[C@H]1CC[C@@H]2O1. The van der Waals surface area contributed by atoms with Crippen LogP contribution in [0.4, 0.5) is 10.2 Å². The van der Waals surface area contributed by atoms with Crippen LogP contribution in [0.5, 0.6) is 5.75 Å². The Labute approximate surface area is 174 Å². The molecule has 2 aromatic rings. The Morgan fingerprint density at radius 3 is 2.73 bits per heavy atom. The second-order valence-corrected chi connectivity index (χ2v) is 9.26. The molecule has 1 saturated heterocycles. The van der Waals surface area contributed by atoms with Crippen LogP contribution in [0.3, 0.4) is 0 Å². The maximum Gasteiger partial charge on any atom is 0.155 e. The number of aromatic hydroxyl groups is 1. The smallest absolute Gasteiger partial charge is 0.155 e. The molecule has 3 heterocycles. The minimum absolute atomic E-state index is 0.0275. The van der Waals surface area contributed by atoms with Gasteiger partial charge >= 0.3 is 0 Å². The van der Waals surface area contributed by atoms with Crippen molar-refractivity contribution in [1.82, 2.24) is 10.2 Å². The number of anilines is 1. The van der Waals surface area contributed by atoms with Crippen LogP contribution in [0.2, 0.25) is 0 Å². The average molecular weight is 411 g/mol. The van der Waals surface area contributed by atoms with Crippen molar-refractivity contribution in [2.45, 2.75) is 81.4 Å². The number of halogens is 1. The first-order chi connectivity index (χ1) is 14.5.